The lowest BCUT2D eigenvalue weighted by molar-refractivity contribution is 0.101. The van der Waals surface area contributed by atoms with E-state index in [2.05, 4.69) is 15.9 Å². The summed E-state index contributed by atoms with van der Waals surface area (Å²) >= 11 is 5.01. The van der Waals surface area contributed by atoms with Crippen LogP contribution in [0.3, 0.4) is 0 Å². The van der Waals surface area contributed by atoms with Crippen LogP contribution in [-0.4, -0.2) is 5.78 Å². The Kier molecular flexibility index (Phi) is 3.97. The molecule has 2 nitrogen and oxygen atoms in total. The summed E-state index contributed by atoms with van der Waals surface area (Å²) in [5.74, 6) is 0.635. The van der Waals surface area contributed by atoms with Gasteiger partial charge in [-0.05, 0) is 47.5 Å². The predicted molar refractivity (Wildman–Crippen MR) is 72.8 cm³/mol. The van der Waals surface area contributed by atoms with Crippen molar-refractivity contribution in [1.82, 2.24) is 0 Å². The molecule has 0 saturated carbocycles. The number of hydrogen-bond donors (Lipinski definition) is 0. The van der Waals surface area contributed by atoms with Gasteiger partial charge in [0, 0.05) is 4.47 Å². The number of Topliss-reactive ketones (excluding diaryl/α,β-unsaturated/α-hetero) is 1. The Balaban J connectivity index is 2.19. The molecule has 0 aliphatic rings. The number of thiophene rings is 1. The zero-order valence-corrected chi connectivity index (χ0v) is 11.7. The molecular weight excluding hydrogens is 300 g/mol. The summed E-state index contributed by atoms with van der Waals surface area (Å²) in [6.45, 7) is 2.03. The Bertz CT molecular complexity index is 520. The van der Waals surface area contributed by atoms with Gasteiger partial charge in [-0.2, -0.15) is 11.3 Å². The number of carbonyl (C=O) groups is 1. The molecule has 1 heterocycles. The van der Waals surface area contributed by atoms with Crippen LogP contribution >= 0.6 is 27.3 Å². The largest absolute Gasteiger partial charge is 0.488 e. The second-order valence-corrected chi connectivity index (χ2v) is 5.31. The third kappa shape index (κ3) is 3.17. The van der Waals surface area contributed by atoms with Gasteiger partial charge in [-0.1, -0.05) is 15.9 Å². The van der Waals surface area contributed by atoms with Gasteiger partial charge in [0.05, 0.1) is 5.56 Å². The fourth-order valence-electron chi connectivity index (χ4n) is 1.44. The van der Waals surface area contributed by atoms with E-state index in [0.717, 1.165) is 10.0 Å². The van der Waals surface area contributed by atoms with E-state index in [1.165, 1.54) is 0 Å². The number of ketones is 1. The highest BCUT2D eigenvalue weighted by molar-refractivity contribution is 9.10. The molecule has 2 aromatic rings. The number of ether oxygens (including phenoxy) is 1. The molecule has 17 heavy (non-hydrogen) atoms. The summed E-state index contributed by atoms with van der Waals surface area (Å²) in [4.78, 5) is 11.4. The van der Waals surface area contributed by atoms with E-state index in [1.807, 2.05) is 29.0 Å². The van der Waals surface area contributed by atoms with Crippen molar-refractivity contribution in [2.75, 3.05) is 0 Å². The Labute approximate surface area is 112 Å². The first-order chi connectivity index (χ1) is 8.16. The van der Waals surface area contributed by atoms with Crippen molar-refractivity contribution in [3.8, 4) is 5.75 Å². The molecule has 88 valence electrons. The zero-order valence-electron chi connectivity index (χ0n) is 9.27. The zero-order chi connectivity index (χ0) is 12.3. The summed E-state index contributed by atoms with van der Waals surface area (Å²) in [5.41, 5.74) is 1.73. The van der Waals surface area contributed by atoms with Crippen molar-refractivity contribution in [2.24, 2.45) is 0 Å². The van der Waals surface area contributed by atoms with E-state index in [4.69, 9.17) is 4.74 Å². The second kappa shape index (κ2) is 5.47. The highest BCUT2D eigenvalue weighted by Crippen LogP contribution is 2.25. The summed E-state index contributed by atoms with van der Waals surface area (Å²) in [5, 5.41) is 4.04. The number of hydrogen-bond acceptors (Lipinski definition) is 3. The maximum atomic E-state index is 11.4. The van der Waals surface area contributed by atoms with E-state index >= 15 is 0 Å². The fourth-order valence-corrected chi connectivity index (χ4v) is 2.44. The van der Waals surface area contributed by atoms with Crippen LogP contribution in [-0.2, 0) is 6.61 Å². The maximum Gasteiger partial charge on any atom is 0.163 e. The molecule has 0 unspecified atom stereocenters. The summed E-state index contributed by atoms with van der Waals surface area (Å²) in [7, 11) is 0. The molecule has 0 aliphatic heterocycles. The molecule has 1 aromatic heterocycles. The highest BCUT2D eigenvalue weighted by Gasteiger charge is 2.09. The normalized spacial score (nSPS) is 10.2. The molecule has 0 radical (unpaired) electrons. The minimum Gasteiger partial charge on any atom is -0.488 e. The topological polar surface area (TPSA) is 26.3 Å². The average Bonchev–Trinajstić information content (AvgIpc) is 2.78. The van der Waals surface area contributed by atoms with E-state index in [9.17, 15) is 4.79 Å². The van der Waals surface area contributed by atoms with E-state index in [0.29, 0.717) is 17.9 Å². The minimum atomic E-state index is 0.0119. The summed E-state index contributed by atoms with van der Waals surface area (Å²) in [6, 6.07) is 7.45. The molecule has 0 N–H and O–H groups in total. The molecule has 0 aliphatic carbocycles. The summed E-state index contributed by atoms with van der Waals surface area (Å²) in [6.07, 6.45) is 0. The van der Waals surface area contributed by atoms with Gasteiger partial charge < -0.3 is 4.74 Å². The monoisotopic (exact) mass is 310 g/mol. The van der Waals surface area contributed by atoms with Crippen molar-refractivity contribution < 1.29 is 9.53 Å². The second-order valence-electron chi connectivity index (χ2n) is 3.62. The van der Waals surface area contributed by atoms with Crippen molar-refractivity contribution >= 4 is 33.0 Å². The quantitative estimate of drug-likeness (QED) is 0.787. The molecule has 0 fully saturated rings. The van der Waals surface area contributed by atoms with Crippen LogP contribution in [0.1, 0.15) is 22.8 Å². The molecule has 2 rings (SSSR count). The van der Waals surface area contributed by atoms with Crippen LogP contribution in [0.5, 0.6) is 5.75 Å². The van der Waals surface area contributed by atoms with E-state index in [-0.39, 0.29) is 5.78 Å². The van der Waals surface area contributed by atoms with Gasteiger partial charge in [0.25, 0.3) is 0 Å². The number of benzene rings is 1. The number of carbonyl (C=O) groups excluding carboxylic acids is 1. The van der Waals surface area contributed by atoms with Crippen molar-refractivity contribution in [3.63, 3.8) is 0 Å². The van der Waals surface area contributed by atoms with Crippen LogP contribution in [0, 0.1) is 0 Å². The lowest BCUT2D eigenvalue weighted by atomic mass is 10.1. The molecule has 0 amide bonds. The standard InChI is InChI=1S/C13H11BrO2S/c1-9(15)12-3-2-11(14)6-13(12)16-7-10-4-5-17-8-10/h2-6,8H,7H2,1H3. The van der Waals surface area contributed by atoms with Crippen LogP contribution in [0.2, 0.25) is 0 Å². The first kappa shape index (κ1) is 12.3. The van der Waals surface area contributed by atoms with Gasteiger partial charge in [-0.3, -0.25) is 4.79 Å². The SMILES string of the molecule is CC(=O)c1ccc(Br)cc1OCc1ccsc1. The van der Waals surface area contributed by atoms with Gasteiger partial charge >= 0.3 is 0 Å². The Morgan fingerprint density at radius 2 is 2.24 bits per heavy atom. The molecule has 4 heteroatoms. The van der Waals surface area contributed by atoms with Crippen molar-refractivity contribution in [3.05, 3.63) is 50.6 Å². The lowest BCUT2D eigenvalue weighted by Crippen LogP contribution is -2.01. The Hall–Kier alpha value is -1.13. The van der Waals surface area contributed by atoms with Gasteiger partial charge in [0.15, 0.2) is 5.78 Å². The minimum absolute atomic E-state index is 0.0119. The molecule has 0 bridgehead atoms. The Morgan fingerprint density at radius 1 is 1.41 bits per heavy atom. The molecule has 0 saturated heterocycles. The fraction of sp³-hybridized carbons (Fsp3) is 0.154. The third-order valence-corrected chi connectivity index (χ3v) is 3.52. The molecule has 1 aromatic carbocycles. The van der Waals surface area contributed by atoms with Crippen LogP contribution in [0.4, 0.5) is 0 Å². The van der Waals surface area contributed by atoms with E-state index < -0.39 is 0 Å². The first-order valence-corrected chi connectivity index (χ1v) is 6.85. The van der Waals surface area contributed by atoms with Crippen molar-refractivity contribution in [2.45, 2.75) is 13.5 Å². The third-order valence-electron chi connectivity index (χ3n) is 2.30. The van der Waals surface area contributed by atoms with Crippen LogP contribution < -0.4 is 4.74 Å². The number of halogens is 1. The van der Waals surface area contributed by atoms with Gasteiger partial charge in [-0.25, -0.2) is 0 Å². The average molecular weight is 311 g/mol. The van der Waals surface area contributed by atoms with Crippen LogP contribution in [0.15, 0.2) is 39.5 Å². The maximum absolute atomic E-state index is 11.4. The van der Waals surface area contributed by atoms with Crippen LogP contribution in [0.25, 0.3) is 0 Å². The molecule has 0 spiro atoms. The first-order valence-electron chi connectivity index (χ1n) is 5.11. The van der Waals surface area contributed by atoms with Crippen molar-refractivity contribution in [1.29, 1.82) is 0 Å². The van der Waals surface area contributed by atoms with Gasteiger partial charge in [-0.15, -0.1) is 0 Å². The van der Waals surface area contributed by atoms with E-state index in [1.54, 1.807) is 24.3 Å². The molecule has 0 atom stereocenters. The molecular formula is C13H11BrO2S. The Morgan fingerprint density at radius 3 is 2.88 bits per heavy atom. The van der Waals surface area contributed by atoms with Gasteiger partial charge in [0.2, 0.25) is 0 Å². The summed E-state index contributed by atoms with van der Waals surface area (Å²) < 4.78 is 6.58. The lowest BCUT2D eigenvalue weighted by Gasteiger charge is -2.09. The number of rotatable bonds is 4. The van der Waals surface area contributed by atoms with Gasteiger partial charge in [0.1, 0.15) is 12.4 Å². The smallest absolute Gasteiger partial charge is 0.163 e. The predicted octanol–water partition coefficient (Wildman–Crippen LogP) is 4.29. The highest BCUT2D eigenvalue weighted by atomic mass is 79.9.